The Morgan fingerprint density at radius 1 is 1.06 bits per heavy atom. The molecule has 0 radical (unpaired) electrons. The maximum absolute atomic E-state index is 10.0. The van der Waals surface area contributed by atoms with Crippen LogP contribution in [0, 0.1) is 0 Å². The van der Waals surface area contributed by atoms with Crippen LogP contribution < -0.4 is 0 Å². The molecule has 0 aliphatic heterocycles. The molecule has 0 amide bonds. The molecule has 0 spiro atoms. The van der Waals surface area contributed by atoms with Crippen molar-refractivity contribution in [2.24, 2.45) is 0 Å². The number of aromatic amines is 1. The zero-order valence-corrected chi connectivity index (χ0v) is 9.51. The highest BCUT2D eigenvalue weighted by Gasteiger charge is 2.11. The van der Waals surface area contributed by atoms with E-state index < -0.39 is 6.10 Å². The van der Waals surface area contributed by atoms with E-state index in [0.717, 1.165) is 11.3 Å². The maximum atomic E-state index is 10.0. The molecule has 16 heavy (non-hydrogen) atoms. The zero-order chi connectivity index (χ0) is 11.5. The van der Waals surface area contributed by atoms with Crippen LogP contribution in [0.15, 0.2) is 36.5 Å². The van der Waals surface area contributed by atoms with E-state index in [1.165, 1.54) is 5.56 Å². The first-order valence-electron chi connectivity index (χ1n) is 5.45. The van der Waals surface area contributed by atoms with Gasteiger partial charge in [0.1, 0.15) is 6.10 Å². The van der Waals surface area contributed by atoms with Crippen LogP contribution in [0.25, 0.3) is 0 Å². The third-order valence-electron chi connectivity index (χ3n) is 2.74. The normalized spacial score (nSPS) is 13.0. The standard InChI is InChI=1S/C13H16N2O/c1-9(2)10-3-5-11(6-4-10)13(16)12-7-8-14-15-12/h3-9,13,16H,1-2H3,(H,14,15). The molecule has 2 aromatic rings. The summed E-state index contributed by atoms with van der Waals surface area (Å²) in [6.07, 6.45) is 1.02. The number of aliphatic hydroxyl groups excluding tert-OH is 1. The molecule has 0 bridgehead atoms. The number of aromatic nitrogens is 2. The topological polar surface area (TPSA) is 48.9 Å². The number of H-pyrrole nitrogens is 1. The smallest absolute Gasteiger partial charge is 0.120 e. The van der Waals surface area contributed by atoms with Gasteiger partial charge in [-0.2, -0.15) is 5.10 Å². The highest BCUT2D eigenvalue weighted by Crippen LogP contribution is 2.22. The molecule has 1 atom stereocenters. The maximum Gasteiger partial charge on any atom is 0.120 e. The van der Waals surface area contributed by atoms with Gasteiger partial charge in [-0.05, 0) is 23.1 Å². The van der Waals surface area contributed by atoms with Crippen molar-refractivity contribution in [3.8, 4) is 0 Å². The number of aliphatic hydroxyl groups is 1. The SMILES string of the molecule is CC(C)c1ccc(C(O)c2ccn[nH]2)cc1. The van der Waals surface area contributed by atoms with Crippen molar-refractivity contribution in [2.45, 2.75) is 25.9 Å². The number of rotatable bonds is 3. The Bertz CT molecular complexity index is 431. The fourth-order valence-electron chi connectivity index (χ4n) is 1.66. The molecule has 84 valence electrons. The molecular weight excluding hydrogens is 200 g/mol. The highest BCUT2D eigenvalue weighted by molar-refractivity contribution is 5.29. The van der Waals surface area contributed by atoms with Gasteiger partial charge in [-0.1, -0.05) is 38.1 Å². The van der Waals surface area contributed by atoms with Crippen molar-refractivity contribution < 1.29 is 5.11 Å². The lowest BCUT2D eigenvalue weighted by molar-refractivity contribution is 0.215. The number of hydrogen-bond donors (Lipinski definition) is 2. The lowest BCUT2D eigenvalue weighted by Crippen LogP contribution is -2.00. The van der Waals surface area contributed by atoms with E-state index in [4.69, 9.17) is 0 Å². The second-order valence-corrected chi connectivity index (χ2v) is 4.24. The van der Waals surface area contributed by atoms with Crippen molar-refractivity contribution in [3.63, 3.8) is 0 Å². The van der Waals surface area contributed by atoms with Gasteiger partial charge in [0, 0.05) is 6.20 Å². The van der Waals surface area contributed by atoms with E-state index >= 15 is 0 Å². The Kier molecular flexibility index (Phi) is 3.06. The molecule has 1 aromatic heterocycles. The van der Waals surface area contributed by atoms with E-state index in [0.29, 0.717) is 5.92 Å². The van der Waals surface area contributed by atoms with Crippen molar-refractivity contribution in [3.05, 3.63) is 53.3 Å². The molecule has 2 rings (SSSR count). The van der Waals surface area contributed by atoms with Gasteiger partial charge in [-0.3, -0.25) is 5.10 Å². The highest BCUT2D eigenvalue weighted by atomic mass is 16.3. The summed E-state index contributed by atoms with van der Waals surface area (Å²) >= 11 is 0. The first-order valence-corrected chi connectivity index (χ1v) is 5.45. The van der Waals surface area contributed by atoms with Crippen molar-refractivity contribution >= 4 is 0 Å². The van der Waals surface area contributed by atoms with Crippen molar-refractivity contribution in [1.29, 1.82) is 0 Å². The summed E-state index contributed by atoms with van der Waals surface area (Å²) < 4.78 is 0. The van der Waals surface area contributed by atoms with E-state index in [9.17, 15) is 5.11 Å². The zero-order valence-electron chi connectivity index (χ0n) is 9.51. The Morgan fingerprint density at radius 3 is 2.19 bits per heavy atom. The molecule has 0 aliphatic rings. The molecule has 1 heterocycles. The largest absolute Gasteiger partial charge is 0.382 e. The van der Waals surface area contributed by atoms with Crippen LogP contribution in [-0.4, -0.2) is 15.3 Å². The van der Waals surface area contributed by atoms with Gasteiger partial charge < -0.3 is 5.11 Å². The van der Waals surface area contributed by atoms with Gasteiger partial charge >= 0.3 is 0 Å². The Balaban J connectivity index is 2.22. The fraction of sp³-hybridized carbons (Fsp3) is 0.308. The lowest BCUT2D eigenvalue weighted by Gasteiger charge is -2.11. The fourth-order valence-corrected chi connectivity index (χ4v) is 1.66. The quantitative estimate of drug-likeness (QED) is 0.828. The second kappa shape index (κ2) is 4.49. The number of nitrogens with one attached hydrogen (secondary N) is 1. The minimum absolute atomic E-state index is 0.512. The summed E-state index contributed by atoms with van der Waals surface area (Å²) in [5, 5.41) is 16.6. The number of hydrogen-bond acceptors (Lipinski definition) is 2. The average molecular weight is 216 g/mol. The summed E-state index contributed by atoms with van der Waals surface area (Å²) in [6.45, 7) is 4.31. The molecule has 3 heteroatoms. The molecule has 1 unspecified atom stereocenters. The second-order valence-electron chi connectivity index (χ2n) is 4.24. The summed E-state index contributed by atoms with van der Waals surface area (Å²) in [5.74, 6) is 0.512. The van der Waals surface area contributed by atoms with Crippen LogP contribution in [0.2, 0.25) is 0 Å². The van der Waals surface area contributed by atoms with E-state index in [2.05, 4.69) is 36.2 Å². The molecule has 2 N–H and O–H groups in total. The van der Waals surface area contributed by atoms with Crippen molar-refractivity contribution in [2.75, 3.05) is 0 Å². The monoisotopic (exact) mass is 216 g/mol. The molecule has 1 aromatic carbocycles. The van der Waals surface area contributed by atoms with Crippen LogP contribution in [0.1, 0.15) is 42.7 Å². The predicted molar refractivity (Wildman–Crippen MR) is 63.2 cm³/mol. The van der Waals surface area contributed by atoms with Gasteiger partial charge in [0.25, 0.3) is 0 Å². The van der Waals surface area contributed by atoms with Gasteiger partial charge in [0.15, 0.2) is 0 Å². The van der Waals surface area contributed by atoms with E-state index in [1.54, 1.807) is 12.3 Å². The average Bonchev–Trinajstić information content (AvgIpc) is 2.81. The van der Waals surface area contributed by atoms with Gasteiger partial charge in [-0.25, -0.2) is 0 Å². The van der Waals surface area contributed by atoms with Crippen LogP contribution in [0.3, 0.4) is 0 Å². The first kappa shape index (κ1) is 10.9. The van der Waals surface area contributed by atoms with E-state index in [-0.39, 0.29) is 0 Å². The molecule has 0 fully saturated rings. The third kappa shape index (κ3) is 2.14. The summed E-state index contributed by atoms with van der Waals surface area (Å²) in [5.41, 5.74) is 2.88. The third-order valence-corrected chi connectivity index (χ3v) is 2.74. The molecule has 3 nitrogen and oxygen atoms in total. The minimum atomic E-state index is -0.622. The number of nitrogens with zero attached hydrogens (tertiary/aromatic N) is 1. The lowest BCUT2D eigenvalue weighted by atomic mass is 9.99. The van der Waals surface area contributed by atoms with Crippen LogP contribution in [0.5, 0.6) is 0 Å². The summed E-state index contributed by atoms with van der Waals surface area (Å²) in [7, 11) is 0. The Morgan fingerprint density at radius 2 is 1.69 bits per heavy atom. The minimum Gasteiger partial charge on any atom is -0.382 e. The predicted octanol–water partition coefficient (Wildman–Crippen LogP) is 2.61. The van der Waals surface area contributed by atoms with Gasteiger partial charge in [0.05, 0.1) is 5.69 Å². The number of benzene rings is 1. The summed E-state index contributed by atoms with van der Waals surface area (Å²) in [4.78, 5) is 0. The Hall–Kier alpha value is -1.61. The van der Waals surface area contributed by atoms with Crippen LogP contribution in [-0.2, 0) is 0 Å². The van der Waals surface area contributed by atoms with Crippen molar-refractivity contribution in [1.82, 2.24) is 10.2 Å². The van der Waals surface area contributed by atoms with Crippen LogP contribution >= 0.6 is 0 Å². The molecule has 0 saturated carbocycles. The Labute approximate surface area is 95.1 Å². The van der Waals surface area contributed by atoms with E-state index in [1.807, 2.05) is 12.1 Å². The summed E-state index contributed by atoms with van der Waals surface area (Å²) in [6, 6.07) is 9.81. The van der Waals surface area contributed by atoms with Gasteiger partial charge in [0.2, 0.25) is 0 Å². The van der Waals surface area contributed by atoms with Gasteiger partial charge in [-0.15, -0.1) is 0 Å². The molecule has 0 aliphatic carbocycles. The first-order chi connectivity index (χ1) is 7.68. The molecular formula is C13H16N2O. The van der Waals surface area contributed by atoms with Crippen LogP contribution in [0.4, 0.5) is 0 Å². The molecule has 0 saturated heterocycles.